The molecular formula is C12H15NO3. The van der Waals surface area contributed by atoms with E-state index in [0.717, 1.165) is 25.1 Å². The maximum absolute atomic E-state index is 11.0. The van der Waals surface area contributed by atoms with Crippen LogP contribution in [0.2, 0.25) is 0 Å². The summed E-state index contributed by atoms with van der Waals surface area (Å²) in [5.74, 6) is 0.708. The second-order valence-corrected chi connectivity index (χ2v) is 3.64. The highest BCUT2D eigenvalue weighted by atomic mass is 16.5. The van der Waals surface area contributed by atoms with Crippen LogP contribution in [0.4, 0.5) is 5.69 Å². The van der Waals surface area contributed by atoms with Crippen LogP contribution >= 0.6 is 0 Å². The fourth-order valence-corrected chi connectivity index (χ4v) is 1.85. The van der Waals surface area contributed by atoms with Crippen molar-refractivity contribution in [3.63, 3.8) is 0 Å². The molecule has 1 aromatic carbocycles. The molecule has 0 bridgehead atoms. The van der Waals surface area contributed by atoms with Crippen molar-refractivity contribution in [3.8, 4) is 5.75 Å². The Morgan fingerprint density at radius 1 is 1.38 bits per heavy atom. The van der Waals surface area contributed by atoms with E-state index in [0.29, 0.717) is 24.5 Å². The van der Waals surface area contributed by atoms with E-state index >= 15 is 0 Å². The number of hydrogen-bond donors (Lipinski definition) is 0. The lowest BCUT2D eigenvalue weighted by Gasteiger charge is -2.29. The van der Waals surface area contributed by atoms with Crippen molar-refractivity contribution in [3.05, 3.63) is 23.8 Å². The predicted molar refractivity (Wildman–Crippen MR) is 61.4 cm³/mol. The highest BCUT2D eigenvalue weighted by Crippen LogP contribution is 2.24. The van der Waals surface area contributed by atoms with Crippen LogP contribution in [0.15, 0.2) is 18.2 Å². The molecule has 1 aliphatic rings. The first-order valence-corrected chi connectivity index (χ1v) is 5.31. The summed E-state index contributed by atoms with van der Waals surface area (Å²) >= 11 is 0. The van der Waals surface area contributed by atoms with Crippen LogP contribution in [0.5, 0.6) is 5.75 Å². The molecule has 1 aromatic rings. The lowest BCUT2D eigenvalue weighted by molar-refractivity contribution is 0.111. The van der Waals surface area contributed by atoms with Crippen molar-refractivity contribution in [1.29, 1.82) is 0 Å². The van der Waals surface area contributed by atoms with Gasteiger partial charge in [-0.25, -0.2) is 0 Å². The van der Waals surface area contributed by atoms with Gasteiger partial charge in [0.15, 0.2) is 6.29 Å². The van der Waals surface area contributed by atoms with Crippen molar-refractivity contribution in [1.82, 2.24) is 0 Å². The Balaban J connectivity index is 2.28. The molecule has 0 aromatic heterocycles. The third-order valence-electron chi connectivity index (χ3n) is 2.71. The van der Waals surface area contributed by atoms with Gasteiger partial charge in [-0.3, -0.25) is 4.79 Å². The van der Waals surface area contributed by atoms with Gasteiger partial charge in [0.2, 0.25) is 0 Å². The van der Waals surface area contributed by atoms with Gasteiger partial charge in [0.05, 0.1) is 20.3 Å². The topological polar surface area (TPSA) is 38.8 Å². The zero-order valence-electron chi connectivity index (χ0n) is 9.31. The molecule has 1 aliphatic heterocycles. The second-order valence-electron chi connectivity index (χ2n) is 3.64. The Morgan fingerprint density at radius 3 is 2.75 bits per heavy atom. The maximum Gasteiger partial charge on any atom is 0.152 e. The monoisotopic (exact) mass is 221 g/mol. The summed E-state index contributed by atoms with van der Waals surface area (Å²) in [5.41, 5.74) is 1.63. The van der Waals surface area contributed by atoms with Crippen LogP contribution in [-0.4, -0.2) is 39.7 Å². The Bertz CT molecular complexity index is 373. The average Bonchev–Trinajstić information content (AvgIpc) is 2.39. The van der Waals surface area contributed by atoms with E-state index in [1.165, 1.54) is 0 Å². The average molecular weight is 221 g/mol. The number of anilines is 1. The molecule has 2 rings (SSSR count). The van der Waals surface area contributed by atoms with Gasteiger partial charge in [0.1, 0.15) is 5.75 Å². The summed E-state index contributed by atoms with van der Waals surface area (Å²) < 4.78 is 10.4. The normalized spacial score (nSPS) is 15.9. The Labute approximate surface area is 94.8 Å². The zero-order chi connectivity index (χ0) is 11.4. The predicted octanol–water partition coefficient (Wildman–Crippen LogP) is 1.34. The SMILES string of the molecule is COc1ccc(N2CCOCC2)c(C=O)c1. The molecule has 16 heavy (non-hydrogen) atoms. The quantitative estimate of drug-likeness (QED) is 0.722. The van der Waals surface area contributed by atoms with E-state index in [1.807, 2.05) is 12.1 Å². The van der Waals surface area contributed by atoms with Crippen LogP contribution in [0.1, 0.15) is 10.4 Å². The minimum absolute atomic E-state index is 0.668. The van der Waals surface area contributed by atoms with Crippen LogP contribution in [-0.2, 0) is 4.74 Å². The first-order valence-electron chi connectivity index (χ1n) is 5.31. The molecule has 0 aliphatic carbocycles. The number of methoxy groups -OCH3 is 1. The standard InChI is InChI=1S/C12H15NO3/c1-15-11-2-3-12(10(8-11)9-14)13-4-6-16-7-5-13/h2-3,8-9H,4-7H2,1H3. The largest absolute Gasteiger partial charge is 0.497 e. The molecule has 4 heteroatoms. The minimum atomic E-state index is 0.668. The van der Waals surface area contributed by atoms with Crippen molar-refractivity contribution < 1.29 is 14.3 Å². The van der Waals surface area contributed by atoms with Crippen molar-refractivity contribution in [2.45, 2.75) is 0 Å². The van der Waals surface area contributed by atoms with Crippen molar-refractivity contribution in [2.24, 2.45) is 0 Å². The fraction of sp³-hybridized carbons (Fsp3) is 0.417. The van der Waals surface area contributed by atoms with E-state index in [4.69, 9.17) is 9.47 Å². The number of carbonyl (C=O) groups excluding carboxylic acids is 1. The van der Waals surface area contributed by atoms with Crippen LogP contribution in [0, 0.1) is 0 Å². The van der Waals surface area contributed by atoms with E-state index < -0.39 is 0 Å². The number of nitrogens with zero attached hydrogens (tertiary/aromatic N) is 1. The Morgan fingerprint density at radius 2 is 2.12 bits per heavy atom. The molecule has 0 N–H and O–H groups in total. The fourth-order valence-electron chi connectivity index (χ4n) is 1.85. The van der Waals surface area contributed by atoms with Gasteiger partial charge in [-0.15, -0.1) is 0 Å². The smallest absolute Gasteiger partial charge is 0.152 e. The molecule has 0 amide bonds. The number of benzene rings is 1. The molecule has 1 saturated heterocycles. The van der Waals surface area contributed by atoms with E-state index in [-0.39, 0.29) is 0 Å². The van der Waals surface area contributed by atoms with Gasteiger partial charge in [0.25, 0.3) is 0 Å². The summed E-state index contributed by atoms with van der Waals surface area (Å²) in [6, 6.07) is 5.56. The summed E-state index contributed by atoms with van der Waals surface area (Å²) in [4.78, 5) is 13.2. The summed E-state index contributed by atoms with van der Waals surface area (Å²) in [7, 11) is 1.60. The minimum Gasteiger partial charge on any atom is -0.497 e. The highest BCUT2D eigenvalue weighted by Gasteiger charge is 2.14. The van der Waals surface area contributed by atoms with Gasteiger partial charge < -0.3 is 14.4 Å². The molecule has 0 spiro atoms. The Hall–Kier alpha value is -1.55. The van der Waals surface area contributed by atoms with Gasteiger partial charge in [0, 0.05) is 24.3 Å². The summed E-state index contributed by atoms with van der Waals surface area (Å²) in [6.07, 6.45) is 0.868. The van der Waals surface area contributed by atoms with Gasteiger partial charge >= 0.3 is 0 Å². The lowest BCUT2D eigenvalue weighted by Crippen LogP contribution is -2.36. The molecule has 86 valence electrons. The molecule has 0 radical (unpaired) electrons. The van der Waals surface area contributed by atoms with Crippen molar-refractivity contribution in [2.75, 3.05) is 38.3 Å². The first kappa shape index (κ1) is 11.0. The maximum atomic E-state index is 11.0. The van der Waals surface area contributed by atoms with Crippen LogP contribution in [0.3, 0.4) is 0 Å². The van der Waals surface area contributed by atoms with Gasteiger partial charge in [-0.05, 0) is 18.2 Å². The molecule has 0 saturated carbocycles. The molecular weight excluding hydrogens is 206 g/mol. The van der Waals surface area contributed by atoms with Crippen LogP contribution < -0.4 is 9.64 Å². The first-order chi connectivity index (χ1) is 7.85. The van der Waals surface area contributed by atoms with Crippen LogP contribution in [0.25, 0.3) is 0 Å². The number of carbonyl (C=O) groups is 1. The molecule has 4 nitrogen and oxygen atoms in total. The molecule has 0 atom stereocenters. The summed E-state index contributed by atoms with van der Waals surface area (Å²) in [6.45, 7) is 3.08. The lowest BCUT2D eigenvalue weighted by atomic mass is 10.1. The summed E-state index contributed by atoms with van der Waals surface area (Å²) in [5, 5.41) is 0. The van der Waals surface area contributed by atoms with Gasteiger partial charge in [-0.1, -0.05) is 0 Å². The molecule has 1 heterocycles. The number of rotatable bonds is 3. The zero-order valence-corrected chi connectivity index (χ0v) is 9.31. The second kappa shape index (κ2) is 4.99. The third kappa shape index (κ3) is 2.17. The number of morpholine rings is 1. The molecule has 0 unspecified atom stereocenters. The number of aldehydes is 1. The van der Waals surface area contributed by atoms with E-state index in [2.05, 4.69) is 4.90 Å². The van der Waals surface area contributed by atoms with E-state index in [9.17, 15) is 4.79 Å². The van der Waals surface area contributed by atoms with Gasteiger partial charge in [-0.2, -0.15) is 0 Å². The van der Waals surface area contributed by atoms with E-state index in [1.54, 1.807) is 13.2 Å². The van der Waals surface area contributed by atoms with Crippen molar-refractivity contribution >= 4 is 12.0 Å². The third-order valence-corrected chi connectivity index (χ3v) is 2.71. The highest BCUT2D eigenvalue weighted by molar-refractivity contribution is 5.85. The Kier molecular flexibility index (Phi) is 3.41. The number of hydrogen-bond acceptors (Lipinski definition) is 4. The molecule has 1 fully saturated rings. The number of ether oxygens (including phenoxy) is 2.